The monoisotopic (exact) mass is 842 g/mol. The summed E-state index contributed by atoms with van der Waals surface area (Å²) in [4.78, 5) is -1.77. The molecule has 0 bridgehead atoms. The molecule has 0 aliphatic rings. The van der Waals surface area contributed by atoms with Crippen LogP contribution < -0.4 is 16.2 Å². The van der Waals surface area contributed by atoms with Crippen LogP contribution in [-0.2, 0) is 20.2 Å². The SMILES string of the molecule is COc1ccc(N=Nc2c(S(=O)(=O)O)cc3cc(S(=O)(=O)O)c(N=Nc4ccc(-c5ccc(N=Nc6ccc(O)cc6N)c(C)c5)cc4C)c(N)c3c2O)cc1.[Na].[Na]. The summed E-state index contributed by atoms with van der Waals surface area (Å²) in [5, 5.41) is 44.8. The smallest absolute Gasteiger partial charge is 0.296 e. The van der Waals surface area contributed by atoms with E-state index in [1.165, 1.54) is 31.4 Å². The summed E-state index contributed by atoms with van der Waals surface area (Å²) in [6.45, 7) is 3.61. The van der Waals surface area contributed by atoms with E-state index in [0.29, 0.717) is 28.4 Å². The van der Waals surface area contributed by atoms with E-state index in [9.17, 15) is 36.2 Å². The van der Waals surface area contributed by atoms with Crippen molar-refractivity contribution in [1.82, 2.24) is 0 Å². The van der Waals surface area contributed by atoms with Gasteiger partial charge in [0.15, 0.2) is 5.75 Å². The van der Waals surface area contributed by atoms with Gasteiger partial charge in [-0.3, -0.25) is 9.11 Å². The molecule has 8 N–H and O–H groups in total. The van der Waals surface area contributed by atoms with E-state index in [1.807, 2.05) is 25.1 Å². The molecule has 2 radical (unpaired) electrons. The maximum absolute atomic E-state index is 12.6. The number of phenols is 2. The second-order valence-corrected chi connectivity index (χ2v) is 15.1. The Labute approximate surface area is 376 Å². The van der Waals surface area contributed by atoms with Crippen molar-refractivity contribution in [3.8, 4) is 28.4 Å². The van der Waals surface area contributed by atoms with Crippen LogP contribution in [-0.4, -0.2) is 102 Å². The first-order valence-corrected chi connectivity index (χ1v) is 19.1. The molecule has 6 rings (SSSR count). The number of nitrogen functional groups attached to an aromatic ring is 2. The van der Waals surface area contributed by atoms with Crippen LogP contribution >= 0.6 is 0 Å². The van der Waals surface area contributed by atoms with E-state index in [0.717, 1.165) is 28.8 Å². The van der Waals surface area contributed by atoms with Gasteiger partial charge in [-0.1, -0.05) is 12.1 Å². The molecule has 0 aliphatic heterocycles. The third kappa shape index (κ3) is 10.1. The zero-order valence-corrected chi connectivity index (χ0v) is 37.3. The largest absolute Gasteiger partial charge is 0.508 e. The third-order valence-corrected chi connectivity index (χ3v) is 10.2. The first-order valence-electron chi connectivity index (χ1n) is 16.2. The number of methoxy groups -OCH3 is 1. The second kappa shape index (κ2) is 18.4. The Kier molecular flexibility index (Phi) is 14.6. The van der Waals surface area contributed by atoms with Crippen LogP contribution in [0.25, 0.3) is 21.9 Å². The average Bonchev–Trinajstić information content (AvgIpc) is 3.13. The quantitative estimate of drug-likeness (QED) is 0.0328. The number of anilines is 2. The van der Waals surface area contributed by atoms with Crippen LogP contribution in [0.15, 0.2) is 131 Å². The summed E-state index contributed by atoms with van der Waals surface area (Å²) in [5.41, 5.74) is 15.4. The van der Waals surface area contributed by atoms with Crippen molar-refractivity contribution < 1.29 is 40.9 Å². The van der Waals surface area contributed by atoms with Gasteiger partial charge in [0.05, 0.1) is 40.9 Å². The molecule has 0 unspecified atom stereocenters. The topological polar surface area (TPSA) is 285 Å². The van der Waals surface area contributed by atoms with E-state index >= 15 is 0 Å². The van der Waals surface area contributed by atoms with E-state index in [1.54, 1.807) is 43.3 Å². The Morgan fingerprint density at radius 1 is 0.586 bits per heavy atom. The molecule has 0 fully saturated rings. The van der Waals surface area contributed by atoms with Crippen molar-refractivity contribution in [1.29, 1.82) is 0 Å². The van der Waals surface area contributed by atoms with E-state index in [2.05, 4.69) is 30.7 Å². The number of nitrogens with two attached hydrogens (primary N) is 2. The Hall–Kier alpha value is -4.80. The van der Waals surface area contributed by atoms with Gasteiger partial charge in [-0.2, -0.15) is 32.2 Å². The third-order valence-electron chi connectivity index (χ3n) is 8.47. The van der Waals surface area contributed by atoms with E-state index in [4.69, 9.17) is 16.2 Å². The first-order chi connectivity index (χ1) is 26.4. The fraction of sp³-hybridized carbons (Fsp3) is 0.0811. The molecule has 58 heavy (non-hydrogen) atoms. The molecule has 0 saturated heterocycles. The molecule has 17 nitrogen and oxygen atoms in total. The van der Waals surface area contributed by atoms with Crippen LogP contribution in [0.4, 0.5) is 45.5 Å². The molecule has 288 valence electrons. The summed E-state index contributed by atoms with van der Waals surface area (Å²) in [7, 11) is -8.69. The number of rotatable bonds is 10. The van der Waals surface area contributed by atoms with Crippen molar-refractivity contribution >= 4 is 136 Å². The number of aryl methyl sites for hydroxylation is 2. The summed E-state index contributed by atoms with van der Waals surface area (Å²) >= 11 is 0. The molecule has 0 atom stereocenters. The van der Waals surface area contributed by atoms with E-state index in [-0.39, 0.29) is 87.0 Å². The number of aromatic hydroxyl groups is 2. The summed E-state index contributed by atoms with van der Waals surface area (Å²) < 4.78 is 75.1. The zero-order valence-electron chi connectivity index (χ0n) is 31.6. The van der Waals surface area contributed by atoms with Crippen LogP contribution in [0.5, 0.6) is 17.2 Å². The van der Waals surface area contributed by atoms with Crippen molar-refractivity contribution in [2.24, 2.45) is 30.7 Å². The number of ether oxygens (including phenoxy) is 1. The minimum atomic E-state index is -5.08. The minimum absolute atomic E-state index is 0. The molecule has 0 saturated carbocycles. The number of benzene rings is 6. The van der Waals surface area contributed by atoms with Gasteiger partial charge >= 0.3 is 0 Å². The number of hydrogen-bond acceptors (Lipinski definition) is 15. The Bertz CT molecular complexity index is 2880. The molecule has 6 aromatic carbocycles. The first kappa shape index (κ1) is 45.9. The van der Waals surface area contributed by atoms with Crippen LogP contribution in [0.3, 0.4) is 0 Å². The van der Waals surface area contributed by atoms with Gasteiger partial charge < -0.3 is 26.4 Å². The maximum Gasteiger partial charge on any atom is 0.296 e. The zero-order chi connectivity index (χ0) is 40.5. The van der Waals surface area contributed by atoms with Gasteiger partial charge in [0, 0.05) is 65.2 Å². The van der Waals surface area contributed by atoms with Gasteiger partial charge in [0.25, 0.3) is 20.2 Å². The number of phenolic OH excluding ortho intramolecular Hbond substituents is 2. The van der Waals surface area contributed by atoms with Gasteiger partial charge in [-0.05, 0) is 114 Å². The van der Waals surface area contributed by atoms with Gasteiger partial charge in [0.1, 0.15) is 38.4 Å². The van der Waals surface area contributed by atoms with E-state index < -0.39 is 52.8 Å². The standard InChI is InChI=1S/C37H32N8O9S2.2Na/c1-19-14-21(4-11-28(19)41-43-30-13-8-25(46)18-27(30)38)22-5-12-29(20(2)15-22)42-44-35-31(55(48,49)50)16-23-17-32(56(51,52)53)36(37(47)33(23)34(35)39)45-40-24-6-9-26(54-3)10-7-24;;/h4-18,46-47H,38-39H2,1-3H3,(H,48,49,50)(H,51,52,53);;. The number of hydrogen-bond donors (Lipinski definition) is 6. The number of nitrogens with zero attached hydrogens (tertiary/aromatic N) is 6. The molecule has 0 aliphatic carbocycles. The molecule has 0 heterocycles. The van der Waals surface area contributed by atoms with Crippen LogP contribution in [0, 0.1) is 13.8 Å². The fourth-order valence-corrected chi connectivity index (χ4v) is 6.93. The molecular formula is C37H32N8Na2O9S2. The van der Waals surface area contributed by atoms with Gasteiger partial charge in [0.2, 0.25) is 0 Å². The Morgan fingerprint density at radius 2 is 1.07 bits per heavy atom. The van der Waals surface area contributed by atoms with Crippen molar-refractivity contribution in [3.05, 3.63) is 102 Å². The van der Waals surface area contributed by atoms with Crippen molar-refractivity contribution in [2.75, 3.05) is 18.6 Å². The number of azo groups is 3. The van der Waals surface area contributed by atoms with Gasteiger partial charge in [-0.15, -0.1) is 15.3 Å². The summed E-state index contributed by atoms with van der Waals surface area (Å²) in [6, 6.07) is 22.9. The predicted octanol–water partition coefficient (Wildman–Crippen LogP) is 8.69. The average molecular weight is 843 g/mol. The van der Waals surface area contributed by atoms with Crippen LogP contribution in [0.2, 0.25) is 0 Å². The van der Waals surface area contributed by atoms with Gasteiger partial charge in [-0.25, -0.2) is 0 Å². The molecule has 21 heteroatoms. The van der Waals surface area contributed by atoms with Crippen LogP contribution in [0.1, 0.15) is 11.1 Å². The molecule has 0 amide bonds. The van der Waals surface area contributed by atoms with Crippen molar-refractivity contribution in [3.63, 3.8) is 0 Å². The maximum atomic E-state index is 12.6. The fourth-order valence-electron chi connectivity index (χ4n) is 5.60. The minimum Gasteiger partial charge on any atom is -0.508 e. The molecule has 0 spiro atoms. The molecular weight excluding hydrogens is 811 g/mol. The van der Waals surface area contributed by atoms with Crippen molar-refractivity contribution in [2.45, 2.75) is 23.6 Å². The normalized spacial score (nSPS) is 11.9. The second-order valence-electron chi connectivity index (χ2n) is 12.3. The summed E-state index contributed by atoms with van der Waals surface area (Å²) in [5.74, 6) is -0.354. The Morgan fingerprint density at radius 3 is 1.57 bits per heavy atom. The predicted molar refractivity (Wildman–Crippen MR) is 221 cm³/mol. The Balaban J connectivity index is 0.00000372. The molecule has 0 aromatic heterocycles. The molecule has 6 aromatic rings. The number of fused-ring (bicyclic) bond motifs is 1. The summed E-state index contributed by atoms with van der Waals surface area (Å²) in [6.07, 6.45) is 0.